The highest BCUT2D eigenvalue weighted by atomic mass is 16.1. The van der Waals surface area contributed by atoms with Gasteiger partial charge in [-0.05, 0) is 31.7 Å². The van der Waals surface area contributed by atoms with Gasteiger partial charge in [-0.25, -0.2) is 0 Å². The molecule has 0 unspecified atom stereocenters. The summed E-state index contributed by atoms with van der Waals surface area (Å²) in [6.07, 6.45) is 10.5. The second-order valence-corrected chi connectivity index (χ2v) is 5.66. The molecule has 110 valence electrons. The van der Waals surface area contributed by atoms with Crippen molar-refractivity contribution in [1.29, 1.82) is 0 Å². The van der Waals surface area contributed by atoms with E-state index >= 15 is 0 Å². The normalized spacial score (nSPS) is 16.3. The maximum Gasteiger partial charge on any atom is 0.276 e. The Kier molecular flexibility index (Phi) is 4.34. The van der Waals surface area contributed by atoms with Crippen LogP contribution < -0.4 is 5.32 Å². The molecule has 0 aliphatic heterocycles. The molecule has 1 aromatic heterocycles. The van der Waals surface area contributed by atoms with Crippen LogP contribution in [0.25, 0.3) is 10.9 Å². The zero-order valence-electron chi connectivity index (χ0n) is 12.2. The highest BCUT2D eigenvalue weighted by molar-refractivity contribution is 6.04. The number of nitrogens with zero attached hydrogens (tertiary/aromatic N) is 1. The van der Waals surface area contributed by atoms with Gasteiger partial charge in [0.2, 0.25) is 0 Å². The molecule has 4 heteroatoms. The summed E-state index contributed by atoms with van der Waals surface area (Å²) < 4.78 is 0. The van der Waals surface area contributed by atoms with E-state index in [1.54, 1.807) is 0 Å². The maximum atomic E-state index is 12.3. The molecule has 1 aromatic carbocycles. The van der Waals surface area contributed by atoms with Gasteiger partial charge in [0, 0.05) is 11.6 Å². The van der Waals surface area contributed by atoms with Crippen LogP contribution in [0.3, 0.4) is 0 Å². The van der Waals surface area contributed by atoms with E-state index in [0.717, 1.165) is 23.7 Å². The standard InChI is InChI=1S/C17H21N3O/c21-17(16-14-10-6-7-11-15(14)19-20-16)18-12-13-8-4-2-1-3-5-9-13/h6-7,10-12H,1-5,8-9H2,(H,18,21)(H,19,20). The monoisotopic (exact) mass is 283 g/mol. The summed E-state index contributed by atoms with van der Waals surface area (Å²) in [6.45, 7) is 0. The van der Waals surface area contributed by atoms with Gasteiger partial charge in [0.05, 0.1) is 5.52 Å². The van der Waals surface area contributed by atoms with Gasteiger partial charge < -0.3 is 5.32 Å². The lowest BCUT2D eigenvalue weighted by Crippen LogP contribution is -2.18. The minimum absolute atomic E-state index is 0.137. The number of allylic oxidation sites excluding steroid dienone is 1. The number of benzene rings is 1. The largest absolute Gasteiger partial charge is 0.327 e. The third-order valence-electron chi connectivity index (χ3n) is 4.09. The van der Waals surface area contributed by atoms with Gasteiger partial charge in [0.25, 0.3) is 5.91 Å². The number of hydrogen-bond donors (Lipinski definition) is 2. The zero-order valence-corrected chi connectivity index (χ0v) is 12.2. The second kappa shape index (κ2) is 6.57. The first kappa shape index (κ1) is 13.9. The Labute approximate surface area is 124 Å². The van der Waals surface area contributed by atoms with Crippen LogP contribution in [0.2, 0.25) is 0 Å². The molecule has 2 aromatic rings. The molecule has 1 fully saturated rings. The number of H-pyrrole nitrogens is 1. The van der Waals surface area contributed by atoms with Crippen LogP contribution in [0.4, 0.5) is 0 Å². The highest BCUT2D eigenvalue weighted by Crippen LogP contribution is 2.21. The number of aromatic amines is 1. The van der Waals surface area contributed by atoms with E-state index in [4.69, 9.17) is 0 Å². The molecule has 1 heterocycles. The van der Waals surface area contributed by atoms with Crippen LogP contribution in [-0.4, -0.2) is 16.1 Å². The summed E-state index contributed by atoms with van der Waals surface area (Å²) in [5.74, 6) is -0.137. The summed E-state index contributed by atoms with van der Waals surface area (Å²) in [5, 5.41) is 10.8. The number of nitrogens with one attached hydrogen (secondary N) is 2. The Morgan fingerprint density at radius 2 is 1.81 bits per heavy atom. The van der Waals surface area contributed by atoms with Crippen molar-refractivity contribution in [1.82, 2.24) is 15.5 Å². The minimum Gasteiger partial charge on any atom is -0.327 e. The first-order chi connectivity index (χ1) is 10.3. The van der Waals surface area contributed by atoms with Crippen molar-refractivity contribution in [3.63, 3.8) is 0 Å². The molecule has 0 saturated heterocycles. The van der Waals surface area contributed by atoms with Gasteiger partial charge >= 0.3 is 0 Å². The van der Waals surface area contributed by atoms with Crippen LogP contribution in [0.15, 0.2) is 36.0 Å². The Morgan fingerprint density at radius 1 is 1.10 bits per heavy atom. The number of para-hydroxylation sites is 1. The number of amides is 1. The molecule has 1 aliphatic rings. The number of fused-ring (bicyclic) bond motifs is 1. The van der Waals surface area contributed by atoms with Gasteiger partial charge in [-0.3, -0.25) is 9.89 Å². The first-order valence-corrected chi connectivity index (χ1v) is 7.76. The topological polar surface area (TPSA) is 57.8 Å². The third kappa shape index (κ3) is 3.32. The SMILES string of the molecule is O=C(NC=C1CCCCCCC1)c1n[nH]c2ccccc12. The van der Waals surface area contributed by atoms with E-state index < -0.39 is 0 Å². The first-order valence-electron chi connectivity index (χ1n) is 7.76. The van der Waals surface area contributed by atoms with E-state index in [1.165, 1.54) is 37.7 Å². The summed E-state index contributed by atoms with van der Waals surface area (Å²) in [6, 6.07) is 7.68. The Morgan fingerprint density at radius 3 is 2.62 bits per heavy atom. The van der Waals surface area contributed by atoms with E-state index in [2.05, 4.69) is 15.5 Å². The van der Waals surface area contributed by atoms with Crippen molar-refractivity contribution in [2.24, 2.45) is 0 Å². The fourth-order valence-corrected chi connectivity index (χ4v) is 2.88. The summed E-state index contributed by atoms with van der Waals surface area (Å²) >= 11 is 0. The van der Waals surface area contributed by atoms with Crippen molar-refractivity contribution >= 4 is 16.8 Å². The fourth-order valence-electron chi connectivity index (χ4n) is 2.88. The van der Waals surface area contributed by atoms with E-state index in [0.29, 0.717) is 5.69 Å². The van der Waals surface area contributed by atoms with Crippen molar-refractivity contribution in [2.45, 2.75) is 44.9 Å². The molecule has 1 saturated carbocycles. The Balaban J connectivity index is 1.70. The van der Waals surface area contributed by atoms with Crippen LogP contribution in [0.1, 0.15) is 55.4 Å². The molecule has 3 rings (SSSR count). The average Bonchev–Trinajstić information content (AvgIpc) is 2.90. The van der Waals surface area contributed by atoms with Gasteiger partial charge in [-0.2, -0.15) is 5.10 Å². The molecule has 0 spiro atoms. The number of rotatable bonds is 2. The highest BCUT2D eigenvalue weighted by Gasteiger charge is 2.13. The number of carbonyl (C=O) groups is 1. The molecule has 4 nitrogen and oxygen atoms in total. The predicted octanol–water partition coefficient (Wildman–Crippen LogP) is 3.92. The minimum atomic E-state index is -0.137. The van der Waals surface area contributed by atoms with Crippen LogP contribution in [-0.2, 0) is 0 Å². The lowest BCUT2D eigenvalue weighted by atomic mass is 9.97. The molecular weight excluding hydrogens is 262 g/mol. The lowest BCUT2D eigenvalue weighted by Gasteiger charge is -2.11. The van der Waals surface area contributed by atoms with E-state index in [1.807, 2.05) is 30.5 Å². The molecule has 0 atom stereocenters. The maximum absolute atomic E-state index is 12.3. The number of hydrogen-bond acceptors (Lipinski definition) is 2. The van der Waals surface area contributed by atoms with E-state index in [9.17, 15) is 4.79 Å². The third-order valence-corrected chi connectivity index (χ3v) is 4.09. The van der Waals surface area contributed by atoms with Gasteiger partial charge in [0.1, 0.15) is 0 Å². The summed E-state index contributed by atoms with van der Waals surface area (Å²) in [4.78, 5) is 12.3. The van der Waals surface area contributed by atoms with Crippen molar-refractivity contribution in [2.75, 3.05) is 0 Å². The fraction of sp³-hybridized carbons (Fsp3) is 0.412. The van der Waals surface area contributed by atoms with E-state index in [-0.39, 0.29) is 5.91 Å². The molecule has 0 bridgehead atoms. The quantitative estimate of drug-likeness (QED) is 0.877. The van der Waals surface area contributed by atoms with Gasteiger partial charge in [0.15, 0.2) is 5.69 Å². The van der Waals surface area contributed by atoms with Gasteiger partial charge in [-0.15, -0.1) is 0 Å². The number of carbonyl (C=O) groups excluding carboxylic acids is 1. The van der Waals surface area contributed by atoms with Crippen molar-refractivity contribution in [3.8, 4) is 0 Å². The molecule has 1 amide bonds. The summed E-state index contributed by atoms with van der Waals surface area (Å²) in [5.41, 5.74) is 2.71. The Hall–Kier alpha value is -2.10. The van der Waals surface area contributed by atoms with Crippen LogP contribution in [0, 0.1) is 0 Å². The average molecular weight is 283 g/mol. The molecule has 2 N–H and O–H groups in total. The Bertz CT molecular complexity index is 647. The van der Waals surface area contributed by atoms with Gasteiger partial charge in [-0.1, -0.05) is 43.0 Å². The predicted molar refractivity (Wildman–Crippen MR) is 84.0 cm³/mol. The zero-order chi connectivity index (χ0) is 14.5. The second-order valence-electron chi connectivity index (χ2n) is 5.66. The van der Waals surface area contributed by atoms with Crippen molar-refractivity contribution in [3.05, 3.63) is 41.7 Å². The van der Waals surface area contributed by atoms with Crippen LogP contribution in [0.5, 0.6) is 0 Å². The smallest absolute Gasteiger partial charge is 0.276 e. The molecule has 21 heavy (non-hydrogen) atoms. The molecular formula is C17H21N3O. The summed E-state index contributed by atoms with van der Waals surface area (Å²) in [7, 11) is 0. The number of aromatic nitrogens is 2. The molecule has 0 radical (unpaired) electrons. The molecule has 1 aliphatic carbocycles. The van der Waals surface area contributed by atoms with Crippen molar-refractivity contribution < 1.29 is 4.79 Å². The lowest BCUT2D eigenvalue weighted by molar-refractivity contribution is 0.0966. The van der Waals surface area contributed by atoms with Crippen LogP contribution >= 0.6 is 0 Å².